The number of hydrogen-bond donors (Lipinski definition) is 1. The number of rotatable bonds is 4. The second-order valence-corrected chi connectivity index (χ2v) is 7.76. The molecule has 126 valence electrons. The minimum absolute atomic E-state index is 0.276. The van der Waals surface area contributed by atoms with E-state index in [9.17, 15) is 4.79 Å². The van der Waals surface area contributed by atoms with E-state index in [4.69, 9.17) is 11.6 Å². The topological polar surface area (TPSA) is 39.3 Å². The Hall–Kier alpha value is -1.78. The molecule has 2 aliphatic heterocycles. The highest BCUT2D eigenvalue weighted by atomic mass is 35.5. The van der Waals surface area contributed by atoms with E-state index in [0.29, 0.717) is 11.8 Å². The van der Waals surface area contributed by atoms with Crippen LogP contribution in [-0.2, 0) is 11.2 Å². The quantitative estimate of drug-likeness (QED) is 0.926. The monoisotopic (exact) mass is 343 g/mol. The number of nitrogens with one attached hydrogen (secondary N) is 1. The van der Waals surface area contributed by atoms with Gasteiger partial charge in [0.15, 0.2) is 0 Å². The fraction of sp³-hybridized carbons (Fsp3) is 0.421. The van der Waals surface area contributed by atoms with Crippen LogP contribution in [0.3, 0.4) is 0 Å². The summed E-state index contributed by atoms with van der Waals surface area (Å²) in [5, 5.41) is 0.737. The molecule has 2 fully saturated rings. The molecule has 2 saturated heterocycles. The van der Waals surface area contributed by atoms with Crippen molar-refractivity contribution >= 4 is 17.5 Å². The summed E-state index contributed by atoms with van der Waals surface area (Å²) in [7, 11) is 2.14. The van der Waals surface area contributed by atoms with Crippen molar-refractivity contribution in [2.24, 2.45) is 5.41 Å². The highest BCUT2D eigenvalue weighted by molar-refractivity contribution is 6.30. The summed E-state index contributed by atoms with van der Waals surface area (Å²) >= 11 is 5.93. The zero-order valence-electron chi connectivity index (χ0n) is 13.9. The van der Waals surface area contributed by atoms with Gasteiger partial charge in [-0.05, 0) is 43.3 Å². The fourth-order valence-corrected chi connectivity index (χ4v) is 4.15. The molecule has 0 bridgehead atoms. The largest absolute Gasteiger partial charge is 0.358 e. The number of carbonyl (C=O) groups is 1. The van der Waals surface area contributed by atoms with Crippen LogP contribution >= 0.6 is 11.6 Å². The van der Waals surface area contributed by atoms with Gasteiger partial charge in [0.1, 0.15) is 0 Å². The van der Waals surface area contributed by atoms with Gasteiger partial charge in [0.25, 0.3) is 0 Å². The third-order valence-corrected chi connectivity index (χ3v) is 5.38. The van der Waals surface area contributed by atoms with Crippen molar-refractivity contribution in [2.45, 2.75) is 12.8 Å². The van der Waals surface area contributed by atoms with Gasteiger partial charge >= 0.3 is 0 Å². The summed E-state index contributed by atoms with van der Waals surface area (Å²) in [6.07, 6.45) is 1.34. The number of amides is 1. The first-order chi connectivity index (χ1) is 11.5. The summed E-state index contributed by atoms with van der Waals surface area (Å²) in [6, 6.07) is 11.9. The summed E-state index contributed by atoms with van der Waals surface area (Å²) in [5.74, 6) is 0.276. The lowest BCUT2D eigenvalue weighted by atomic mass is 9.73. The average molecular weight is 344 g/mol. The van der Waals surface area contributed by atoms with Crippen molar-refractivity contribution in [3.63, 3.8) is 0 Å². The van der Waals surface area contributed by atoms with Crippen LogP contribution < -0.4 is 0 Å². The van der Waals surface area contributed by atoms with Gasteiger partial charge in [-0.3, -0.25) is 4.79 Å². The van der Waals surface area contributed by atoms with Gasteiger partial charge in [0.2, 0.25) is 5.91 Å². The van der Waals surface area contributed by atoms with Gasteiger partial charge in [-0.1, -0.05) is 23.7 Å². The Balaban J connectivity index is 1.29. The van der Waals surface area contributed by atoms with Crippen LogP contribution in [0.4, 0.5) is 0 Å². The molecular formula is C19H22ClN3O. The molecule has 0 unspecified atom stereocenters. The predicted molar refractivity (Wildman–Crippen MR) is 96.1 cm³/mol. The predicted octanol–water partition coefficient (Wildman–Crippen LogP) is 3.04. The number of benzene rings is 1. The van der Waals surface area contributed by atoms with E-state index in [1.54, 1.807) is 0 Å². The molecule has 24 heavy (non-hydrogen) atoms. The Bertz CT molecular complexity index is 738. The number of hydrogen-bond acceptors (Lipinski definition) is 2. The molecule has 0 aliphatic carbocycles. The molecule has 1 aromatic heterocycles. The summed E-state index contributed by atoms with van der Waals surface area (Å²) in [6.45, 7) is 4.16. The minimum Gasteiger partial charge on any atom is -0.358 e. The lowest BCUT2D eigenvalue weighted by Gasteiger charge is -2.59. The molecule has 3 heterocycles. The van der Waals surface area contributed by atoms with Crippen molar-refractivity contribution in [2.75, 3.05) is 33.2 Å². The average Bonchev–Trinajstić information content (AvgIpc) is 2.96. The van der Waals surface area contributed by atoms with Crippen LogP contribution in [-0.4, -0.2) is 53.9 Å². The fourth-order valence-electron chi connectivity index (χ4n) is 4.02. The molecule has 4 nitrogen and oxygen atoms in total. The maximum atomic E-state index is 12.3. The Labute approximate surface area is 147 Å². The van der Waals surface area contributed by atoms with Crippen LogP contribution in [0.25, 0.3) is 11.3 Å². The lowest BCUT2D eigenvalue weighted by molar-refractivity contribution is -0.156. The maximum absolute atomic E-state index is 12.3. The molecule has 2 aliphatic rings. The van der Waals surface area contributed by atoms with Crippen LogP contribution in [0.2, 0.25) is 5.02 Å². The Morgan fingerprint density at radius 3 is 2.50 bits per heavy atom. The second-order valence-electron chi connectivity index (χ2n) is 7.33. The van der Waals surface area contributed by atoms with Crippen LogP contribution in [0, 0.1) is 5.41 Å². The summed E-state index contributed by atoms with van der Waals surface area (Å²) < 4.78 is 0. The van der Waals surface area contributed by atoms with Crippen molar-refractivity contribution in [3.05, 3.63) is 47.1 Å². The van der Waals surface area contributed by atoms with Crippen molar-refractivity contribution in [3.8, 4) is 11.3 Å². The number of nitrogens with zero attached hydrogens (tertiary/aromatic N) is 2. The lowest BCUT2D eigenvalue weighted by Crippen LogP contribution is -2.72. The summed E-state index contributed by atoms with van der Waals surface area (Å²) in [5.41, 5.74) is 3.69. The molecule has 0 radical (unpaired) electrons. The van der Waals surface area contributed by atoms with Crippen LogP contribution in [0.15, 0.2) is 36.4 Å². The third kappa shape index (κ3) is 2.96. The second kappa shape index (κ2) is 5.94. The zero-order valence-corrected chi connectivity index (χ0v) is 14.6. The Morgan fingerprint density at radius 1 is 1.12 bits per heavy atom. The molecule has 0 atom stereocenters. The first kappa shape index (κ1) is 15.7. The molecule has 1 N–H and O–H groups in total. The number of aromatic nitrogens is 1. The highest BCUT2D eigenvalue weighted by Crippen LogP contribution is 2.38. The third-order valence-electron chi connectivity index (χ3n) is 5.13. The molecule has 1 spiro atoms. The maximum Gasteiger partial charge on any atom is 0.222 e. The van der Waals surface area contributed by atoms with E-state index in [0.717, 1.165) is 54.6 Å². The summed E-state index contributed by atoms with van der Waals surface area (Å²) in [4.78, 5) is 20.0. The first-order valence-electron chi connectivity index (χ1n) is 8.43. The molecular weight excluding hydrogens is 322 g/mol. The van der Waals surface area contributed by atoms with Gasteiger partial charge in [0.05, 0.1) is 0 Å². The number of aromatic amines is 1. The van der Waals surface area contributed by atoms with E-state index in [2.05, 4.69) is 29.1 Å². The van der Waals surface area contributed by atoms with Crippen LogP contribution in [0.5, 0.6) is 0 Å². The minimum atomic E-state index is 0.276. The van der Waals surface area contributed by atoms with Gasteiger partial charge < -0.3 is 14.8 Å². The van der Waals surface area contributed by atoms with Crippen molar-refractivity contribution < 1.29 is 4.79 Å². The molecule has 0 saturated carbocycles. The smallest absolute Gasteiger partial charge is 0.222 e. The van der Waals surface area contributed by atoms with Gasteiger partial charge in [-0.25, -0.2) is 0 Å². The van der Waals surface area contributed by atoms with Crippen molar-refractivity contribution in [1.82, 2.24) is 14.8 Å². The van der Waals surface area contributed by atoms with Crippen molar-refractivity contribution in [1.29, 1.82) is 0 Å². The van der Waals surface area contributed by atoms with E-state index in [1.165, 1.54) is 0 Å². The van der Waals surface area contributed by atoms with E-state index >= 15 is 0 Å². The molecule has 5 heteroatoms. The highest BCUT2D eigenvalue weighted by Gasteiger charge is 2.51. The van der Waals surface area contributed by atoms with E-state index in [-0.39, 0.29) is 5.91 Å². The standard InChI is InChI=1S/C19H22ClN3O/c1-22-10-19(11-22)12-23(13-19)18(24)9-7-16-6-8-17(21-16)14-2-4-15(20)5-3-14/h2-6,8,21H,7,9-13H2,1H3. The number of halogens is 1. The van der Waals surface area contributed by atoms with Gasteiger partial charge in [0, 0.05) is 54.4 Å². The number of H-pyrrole nitrogens is 1. The SMILES string of the molecule is CN1CC2(C1)CN(C(=O)CCc1ccc(-c3ccc(Cl)cc3)[nH]1)C2. The van der Waals surface area contributed by atoms with E-state index < -0.39 is 0 Å². The van der Waals surface area contributed by atoms with Crippen LogP contribution in [0.1, 0.15) is 12.1 Å². The zero-order chi connectivity index (χ0) is 16.7. The van der Waals surface area contributed by atoms with Gasteiger partial charge in [-0.2, -0.15) is 0 Å². The van der Waals surface area contributed by atoms with E-state index in [1.807, 2.05) is 29.2 Å². The molecule has 2 aromatic rings. The number of carbonyl (C=O) groups excluding carboxylic acids is 1. The molecule has 1 aromatic carbocycles. The Kier molecular flexibility index (Phi) is 3.89. The molecule has 4 rings (SSSR count). The molecule has 1 amide bonds. The Morgan fingerprint density at radius 2 is 1.83 bits per heavy atom. The first-order valence-corrected chi connectivity index (χ1v) is 8.81. The van der Waals surface area contributed by atoms with Gasteiger partial charge in [-0.15, -0.1) is 0 Å². The normalized spacial score (nSPS) is 19.2. The number of aryl methyl sites for hydroxylation is 1. The number of likely N-dealkylation sites (tertiary alicyclic amines) is 2.